The predicted molar refractivity (Wildman–Crippen MR) is 83.3 cm³/mol. The highest BCUT2D eigenvalue weighted by Crippen LogP contribution is 2.19. The zero-order chi connectivity index (χ0) is 15.4. The molecule has 1 aliphatic rings. The fraction of sp³-hybridized carbons (Fsp3) is 0.312. The number of ether oxygens (including phenoxy) is 1. The molecule has 0 radical (unpaired) electrons. The second-order valence-corrected chi connectivity index (χ2v) is 5.04. The molecular weight excluding hydrogens is 280 g/mol. The van der Waals surface area contributed by atoms with E-state index in [2.05, 4.69) is 9.97 Å². The van der Waals surface area contributed by atoms with Crippen molar-refractivity contribution in [3.05, 3.63) is 48.3 Å². The molecule has 2 heterocycles. The Bertz CT molecular complexity index is 642. The first-order valence-corrected chi connectivity index (χ1v) is 7.24. The molecule has 6 nitrogen and oxygen atoms in total. The zero-order valence-corrected chi connectivity index (χ0v) is 12.5. The number of morpholine rings is 1. The SMILES string of the molecule is CN(c1ccccc1)c1nccc(C(=O)N2CCOCC2)n1. The Morgan fingerprint density at radius 3 is 2.64 bits per heavy atom. The number of aromatic nitrogens is 2. The number of carbonyl (C=O) groups excluding carboxylic acids is 1. The zero-order valence-electron chi connectivity index (χ0n) is 12.5. The predicted octanol–water partition coefficient (Wildman–Crippen LogP) is 1.72. The van der Waals surface area contributed by atoms with Crippen molar-refractivity contribution in [3.63, 3.8) is 0 Å². The minimum atomic E-state index is -0.0755. The third-order valence-corrected chi connectivity index (χ3v) is 3.60. The van der Waals surface area contributed by atoms with Crippen LogP contribution < -0.4 is 4.90 Å². The van der Waals surface area contributed by atoms with Gasteiger partial charge in [-0.3, -0.25) is 4.79 Å². The molecule has 0 unspecified atom stereocenters. The van der Waals surface area contributed by atoms with Gasteiger partial charge in [-0.05, 0) is 18.2 Å². The fourth-order valence-electron chi connectivity index (χ4n) is 2.32. The van der Waals surface area contributed by atoms with Crippen molar-refractivity contribution in [1.82, 2.24) is 14.9 Å². The highest BCUT2D eigenvalue weighted by Gasteiger charge is 2.20. The topological polar surface area (TPSA) is 58.6 Å². The third-order valence-electron chi connectivity index (χ3n) is 3.60. The molecule has 114 valence electrons. The van der Waals surface area contributed by atoms with E-state index in [4.69, 9.17) is 4.74 Å². The normalized spacial score (nSPS) is 14.7. The van der Waals surface area contributed by atoms with Crippen LogP contribution in [0.2, 0.25) is 0 Å². The lowest BCUT2D eigenvalue weighted by Gasteiger charge is -2.26. The van der Waals surface area contributed by atoms with Crippen molar-refractivity contribution < 1.29 is 9.53 Å². The van der Waals surface area contributed by atoms with Crippen LogP contribution in [-0.2, 0) is 4.74 Å². The minimum absolute atomic E-state index is 0.0755. The van der Waals surface area contributed by atoms with Gasteiger partial charge in [-0.15, -0.1) is 0 Å². The Hall–Kier alpha value is -2.47. The molecule has 1 aromatic heterocycles. The number of hydrogen-bond acceptors (Lipinski definition) is 5. The monoisotopic (exact) mass is 298 g/mol. The first-order chi connectivity index (χ1) is 10.8. The summed E-state index contributed by atoms with van der Waals surface area (Å²) in [6.45, 7) is 2.36. The summed E-state index contributed by atoms with van der Waals surface area (Å²) in [7, 11) is 1.88. The lowest BCUT2D eigenvalue weighted by molar-refractivity contribution is 0.0299. The molecule has 0 N–H and O–H groups in total. The second-order valence-electron chi connectivity index (χ2n) is 5.04. The first-order valence-electron chi connectivity index (χ1n) is 7.24. The number of rotatable bonds is 3. The van der Waals surface area contributed by atoms with Crippen molar-refractivity contribution >= 4 is 17.5 Å². The molecule has 0 saturated carbocycles. The van der Waals surface area contributed by atoms with Gasteiger partial charge in [0.1, 0.15) is 5.69 Å². The van der Waals surface area contributed by atoms with E-state index in [1.54, 1.807) is 17.2 Å². The largest absolute Gasteiger partial charge is 0.378 e. The maximum Gasteiger partial charge on any atom is 0.272 e. The number of benzene rings is 1. The molecule has 3 rings (SSSR count). The van der Waals surface area contributed by atoms with Crippen LogP contribution in [0.3, 0.4) is 0 Å². The van der Waals surface area contributed by atoms with E-state index in [9.17, 15) is 4.79 Å². The molecule has 0 spiro atoms. The summed E-state index contributed by atoms with van der Waals surface area (Å²) in [6.07, 6.45) is 1.62. The molecule has 1 amide bonds. The quantitative estimate of drug-likeness (QED) is 0.863. The third kappa shape index (κ3) is 3.07. The van der Waals surface area contributed by atoms with Crippen molar-refractivity contribution in [1.29, 1.82) is 0 Å². The van der Waals surface area contributed by atoms with E-state index in [1.807, 2.05) is 42.3 Å². The van der Waals surface area contributed by atoms with Gasteiger partial charge in [0.05, 0.1) is 13.2 Å². The van der Waals surface area contributed by atoms with E-state index in [0.717, 1.165) is 5.69 Å². The number of anilines is 2. The summed E-state index contributed by atoms with van der Waals surface area (Å²) < 4.78 is 5.27. The Morgan fingerprint density at radius 2 is 1.91 bits per heavy atom. The van der Waals surface area contributed by atoms with Crippen LogP contribution in [0, 0.1) is 0 Å². The molecule has 1 fully saturated rings. The van der Waals surface area contributed by atoms with Gasteiger partial charge >= 0.3 is 0 Å². The molecule has 1 saturated heterocycles. The van der Waals surface area contributed by atoms with E-state index < -0.39 is 0 Å². The van der Waals surface area contributed by atoms with E-state index in [-0.39, 0.29) is 5.91 Å². The Kier molecular flexibility index (Phi) is 4.29. The van der Waals surface area contributed by atoms with Gasteiger partial charge < -0.3 is 14.5 Å². The minimum Gasteiger partial charge on any atom is -0.378 e. The number of hydrogen-bond donors (Lipinski definition) is 0. The van der Waals surface area contributed by atoms with Gasteiger partial charge in [0.2, 0.25) is 5.95 Å². The van der Waals surface area contributed by atoms with Crippen LogP contribution in [0.1, 0.15) is 10.5 Å². The Morgan fingerprint density at radius 1 is 1.18 bits per heavy atom. The molecule has 2 aromatic rings. The van der Waals surface area contributed by atoms with Crippen molar-refractivity contribution in [2.75, 3.05) is 38.3 Å². The van der Waals surface area contributed by atoms with Crippen molar-refractivity contribution in [3.8, 4) is 0 Å². The van der Waals surface area contributed by atoms with Crippen molar-refractivity contribution in [2.45, 2.75) is 0 Å². The Labute approximate surface area is 129 Å². The number of nitrogens with zero attached hydrogens (tertiary/aromatic N) is 4. The van der Waals surface area contributed by atoms with Gasteiger partial charge in [0, 0.05) is 32.0 Å². The van der Waals surface area contributed by atoms with Crippen molar-refractivity contribution in [2.24, 2.45) is 0 Å². The lowest BCUT2D eigenvalue weighted by Crippen LogP contribution is -2.41. The van der Waals surface area contributed by atoms with Gasteiger partial charge in [-0.2, -0.15) is 0 Å². The van der Waals surface area contributed by atoms with Gasteiger partial charge in [0.15, 0.2) is 0 Å². The van der Waals surface area contributed by atoms with Crippen LogP contribution in [-0.4, -0.2) is 54.1 Å². The highest BCUT2D eigenvalue weighted by molar-refractivity contribution is 5.92. The summed E-state index contributed by atoms with van der Waals surface area (Å²) in [4.78, 5) is 24.8. The summed E-state index contributed by atoms with van der Waals surface area (Å²) in [5.41, 5.74) is 1.38. The summed E-state index contributed by atoms with van der Waals surface area (Å²) >= 11 is 0. The smallest absolute Gasteiger partial charge is 0.272 e. The molecule has 1 aromatic carbocycles. The molecular formula is C16H18N4O2. The molecule has 0 bridgehead atoms. The van der Waals surface area contributed by atoms with Crippen LogP contribution in [0.25, 0.3) is 0 Å². The number of carbonyl (C=O) groups is 1. The number of para-hydroxylation sites is 1. The molecule has 1 aliphatic heterocycles. The van der Waals surface area contributed by atoms with Gasteiger partial charge in [0.25, 0.3) is 5.91 Å². The summed E-state index contributed by atoms with van der Waals surface area (Å²) in [5, 5.41) is 0. The molecule has 22 heavy (non-hydrogen) atoms. The Balaban J connectivity index is 1.81. The van der Waals surface area contributed by atoms with E-state index in [1.165, 1.54) is 0 Å². The van der Waals surface area contributed by atoms with E-state index >= 15 is 0 Å². The molecule has 0 aliphatic carbocycles. The standard InChI is InChI=1S/C16H18N4O2/c1-19(13-5-3-2-4-6-13)16-17-8-7-14(18-16)15(21)20-9-11-22-12-10-20/h2-8H,9-12H2,1H3. The summed E-state index contributed by atoms with van der Waals surface area (Å²) in [5.74, 6) is 0.429. The summed E-state index contributed by atoms with van der Waals surface area (Å²) in [6, 6.07) is 11.5. The average molecular weight is 298 g/mol. The maximum atomic E-state index is 12.5. The molecule has 0 atom stereocenters. The maximum absolute atomic E-state index is 12.5. The second kappa shape index (κ2) is 6.53. The first kappa shape index (κ1) is 14.5. The fourth-order valence-corrected chi connectivity index (χ4v) is 2.32. The van der Waals surface area contributed by atoms with Gasteiger partial charge in [-0.25, -0.2) is 9.97 Å². The highest BCUT2D eigenvalue weighted by atomic mass is 16.5. The van der Waals surface area contributed by atoms with Crippen LogP contribution in [0.15, 0.2) is 42.6 Å². The van der Waals surface area contributed by atoms with Crippen LogP contribution >= 0.6 is 0 Å². The average Bonchev–Trinajstić information content (AvgIpc) is 2.62. The van der Waals surface area contributed by atoms with Crippen LogP contribution in [0.5, 0.6) is 0 Å². The van der Waals surface area contributed by atoms with Gasteiger partial charge in [-0.1, -0.05) is 18.2 Å². The van der Waals surface area contributed by atoms with E-state index in [0.29, 0.717) is 37.9 Å². The van der Waals surface area contributed by atoms with Crippen LogP contribution in [0.4, 0.5) is 11.6 Å². The number of amides is 1. The lowest BCUT2D eigenvalue weighted by atomic mass is 10.3. The molecule has 6 heteroatoms.